The summed E-state index contributed by atoms with van der Waals surface area (Å²) in [4.78, 5) is 20.8. The Kier molecular flexibility index (Phi) is 17.2. The van der Waals surface area contributed by atoms with Crippen LogP contribution in [0.15, 0.2) is 147 Å². The minimum atomic E-state index is -0.388. The Hall–Kier alpha value is -3.89. The number of nitrogens with zero attached hydrogens (tertiary/aromatic N) is 4. The Morgan fingerprint density at radius 1 is 0.413 bits per heavy atom. The first kappa shape index (κ1) is 57.3. The van der Waals surface area contributed by atoms with Crippen LogP contribution in [0.2, 0.25) is 0 Å². The zero-order valence-electron chi connectivity index (χ0n) is 44.9. The zero-order chi connectivity index (χ0) is 54.4. The molecule has 0 radical (unpaired) electrons. The molecular formula is C61H64Br4N4Ni2O4. The molecule has 8 nitrogen and oxygen atoms in total. The monoisotopic (exact) mass is 1350 g/mol. The van der Waals surface area contributed by atoms with Crippen molar-refractivity contribution in [1.82, 2.24) is 0 Å². The van der Waals surface area contributed by atoms with Crippen LogP contribution in [-0.4, -0.2) is 0 Å². The van der Waals surface area contributed by atoms with Crippen molar-refractivity contribution < 1.29 is 39.5 Å². The minimum absolute atomic E-state index is 0.157. The molecule has 0 amide bonds. The third-order valence-corrected chi connectivity index (χ3v) is 14.5. The van der Waals surface area contributed by atoms with E-state index in [0.717, 1.165) is 69.0 Å². The van der Waals surface area contributed by atoms with Crippen LogP contribution < -0.4 is 22.2 Å². The van der Waals surface area contributed by atoms with Gasteiger partial charge in [-0.2, -0.15) is 0 Å². The quantitative estimate of drug-likeness (QED) is 0.164. The predicted molar refractivity (Wildman–Crippen MR) is 312 cm³/mol. The SMILES string of the molecule is Cc1cccc(C)c1N=c1oc2cc3c(cc2oc1=Nc1c(C)cccc1C)C1(CC(C)(C)c2cc4oc(=Nc5ccccc5C(C)(C)C)c(=Nc5ccccc5C(C)(C)C)oc4cc21)CC3(C)C.[Br][Ni][Br].[Br][Ni][Br]. The first-order valence-corrected chi connectivity index (χ1v) is 34.5. The molecule has 14 heteroatoms. The Labute approximate surface area is 480 Å². The van der Waals surface area contributed by atoms with E-state index in [1.165, 1.54) is 44.0 Å². The molecule has 400 valence electrons. The Morgan fingerprint density at radius 3 is 1.00 bits per heavy atom. The molecule has 2 heterocycles. The molecule has 0 bridgehead atoms. The van der Waals surface area contributed by atoms with Crippen LogP contribution >= 0.6 is 56.9 Å². The van der Waals surface area contributed by atoms with E-state index in [0.29, 0.717) is 44.5 Å². The van der Waals surface area contributed by atoms with Crippen molar-refractivity contribution in [2.75, 3.05) is 0 Å². The Bertz CT molecular complexity index is 3740. The van der Waals surface area contributed by atoms with E-state index in [1.54, 1.807) is 0 Å². The Balaban J connectivity index is 0.00000119. The van der Waals surface area contributed by atoms with Crippen LogP contribution in [0.5, 0.6) is 0 Å². The molecule has 2 aliphatic rings. The average Bonchev–Trinajstić information content (AvgIpc) is 3.68. The number of hydrogen-bond donors (Lipinski definition) is 0. The zero-order valence-corrected chi connectivity index (χ0v) is 53.2. The molecule has 8 aromatic rings. The summed E-state index contributed by atoms with van der Waals surface area (Å²) in [5, 5.41) is 0. The first-order valence-electron chi connectivity index (χ1n) is 24.8. The standard InChI is InChI=1S/C61H64N4O4.4BrH.2Ni/c1-35-21-19-22-36(2)51(35)64-55-56(65-52-37(3)23-20-24-38(52)4)69-50-32-44-42(30-48(50)68-55)60(13,14)34-61(44)33-59(11,12)41-29-47-49(31-43(41)61)67-54(63-46-28-18-16-26-40(46)58(8,9)10)53(66-47)62-45-27-17-15-25-39(45)57(5,6)7;;;;;;/h15-32H,33-34H2,1-14H3;4*1H;;/q;;;;;2*+2/p-4. The molecule has 1 unspecified atom stereocenters. The molecular weight excluding hydrogens is 1290 g/mol. The van der Waals surface area contributed by atoms with E-state index in [2.05, 4.69) is 227 Å². The number of benzene rings is 6. The van der Waals surface area contributed by atoms with Crippen molar-refractivity contribution in [3.63, 3.8) is 0 Å². The van der Waals surface area contributed by atoms with E-state index in [-0.39, 0.29) is 27.1 Å². The first-order chi connectivity index (χ1) is 35.3. The molecule has 2 aliphatic carbocycles. The van der Waals surface area contributed by atoms with Gasteiger partial charge < -0.3 is 17.7 Å². The van der Waals surface area contributed by atoms with Crippen LogP contribution in [0.3, 0.4) is 0 Å². The number of halogens is 4. The maximum atomic E-state index is 7.03. The second kappa shape index (κ2) is 22.5. The van der Waals surface area contributed by atoms with Crippen molar-refractivity contribution in [1.29, 1.82) is 0 Å². The van der Waals surface area contributed by atoms with Gasteiger partial charge in [0, 0.05) is 5.41 Å². The molecule has 10 rings (SSSR count). The van der Waals surface area contributed by atoms with Crippen molar-refractivity contribution in [2.24, 2.45) is 20.0 Å². The molecule has 1 atom stereocenters. The van der Waals surface area contributed by atoms with E-state index < -0.39 is 0 Å². The van der Waals surface area contributed by atoms with Gasteiger partial charge in [-0.25, -0.2) is 20.0 Å². The van der Waals surface area contributed by atoms with Gasteiger partial charge >= 0.3 is 78.7 Å². The molecule has 2 aromatic heterocycles. The number of aryl methyl sites for hydroxylation is 4. The fraction of sp³-hybridized carbons (Fsp3) is 0.344. The molecule has 0 saturated carbocycles. The number of para-hydroxylation sites is 4. The van der Waals surface area contributed by atoms with E-state index in [4.69, 9.17) is 37.6 Å². The topological polar surface area (TPSA) is 102 Å². The summed E-state index contributed by atoms with van der Waals surface area (Å²) in [6.07, 6.45) is 1.74. The van der Waals surface area contributed by atoms with Crippen LogP contribution in [0, 0.1) is 27.7 Å². The molecule has 0 N–H and O–H groups in total. The molecule has 75 heavy (non-hydrogen) atoms. The maximum absolute atomic E-state index is 7.03. The molecule has 0 aliphatic heterocycles. The summed E-state index contributed by atoms with van der Waals surface area (Å²) in [6.45, 7) is 30.8. The van der Waals surface area contributed by atoms with Gasteiger partial charge in [-0.15, -0.1) is 0 Å². The van der Waals surface area contributed by atoms with Crippen molar-refractivity contribution in [3.8, 4) is 0 Å². The van der Waals surface area contributed by atoms with E-state index in [9.17, 15) is 0 Å². The predicted octanol–water partition coefficient (Wildman–Crippen LogP) is 18.1. The van der Waals surface area contributed by atoms with E-state index in [1.807, 2.05) is 36.4 Å². The Morgan fingerprint density at radius 2 is 0.693 bits per heavy atom. The van der Waals surface area contributed by atoms with Crippen molar-refractivity contribution in [3.05, 3.63) is 187 Å². The second-order valence-corrected chi connectivity index (χ2v) is 33.0. The van der Waals surface area contributed by atoms with Gasteiger partial charge in [-0.05, 0) is 154 Å². The van der Waals surface area contributed by atoms with Gasteiger partial charge in [-0.3, -0.25) is 0 Å². The fourth-order valence-corrected chi connectivity index (χ4v) is 11.3. The number of rotatable bonds is 4. The van der Waals surface area contributed by atoms with Crippen molar-refractivity contribution in [2.45, 2.75) is 137 Å². The summed E-state index contributed by atoms with van der Waals surface area (Å²) in [5.41, 5.74) is 17.1. The summed E-state index contributed by atoms with van der Waals surface area (Å²) in [7, 11) is 2.50. The molecule has 0 saturated heterocycles. The third-order valence-electron chi connectivity index (χ3n) is 14.5. The third kappa shape index (κ3) is 11.8. The summed E-state index contributed by atoms with van der Waals surface area (Å²) < 4.78 is 27.8. The van der Waals surface area contributed by atoms with Crippen LogP contribution in [-0.2, 0) is 48.9 Å². The molecule has 1 spiro atoms. The van der Waals surface area contributed by atoms with Gasteiger partial charge in [0.1, 0.15) is 0 Å². The van der Waals surface area contributed by atoms with Crippen LogP contribution in [0.1, 0.15) is 138 Å². The summed E-state index contributed by atoms with van der Waals surface area (Å²) >= 11 is 12.0. The van der Waals surface area contributed by atoms with Crippen LogP contribution in [0.4, 0.5) is 22.7 Å². The number of fused-ring (bicyclic) bond motifs is 6. The molecule has 0 fully saturated rings. The normalized spacial score (nSPS) is 17.6. The van der Waals surface area contributed by atoms with E-state index >= 15 is 0 Å². The van der Waals surface area contributed by atoms with Gasteiger partial charge in [0.2, 0.25) is 0 Å². The van der Waals surface area contributed by atoms with Gasteiger partial charge in [-0.1, -0.05) is 142 Å². The fourth-order valence-electron chi connectivity index (χ4n) is 11.3. The summed E-state index contributed by atoms with van der Waals surface area (Å²) in [5.74, 6) is 0. The van der Waals surface area contributed by atoms with Crippen molar-refractivity contribution >= 4 is 102 Å². The molecule has 6 aromatic carbocycles. The number of hydrogen-bond acceptors (Lipinski definition) is 8. The average molecular weight is 1350 g/mol. The van der Waals surface area contributed by atoms with Gasteiger partial charge in [0.15, 0.2) is 22.3 Å². The van der Waals surface area contributed by atoms with Gasteiger partial charge in [0.25, 0.3) is 22.2 Å². The van der Waals surface area contributed by atoms with Crippen LogP contribution in [0.25, 0.3) is 22.3 Å². The second-order valence-electron chi connectivity index (χ2n) is 23.1. The summed E-state index contributed by atoms with van der Waals surface area (Å²) in [6, 6.07) is 37.6. The van der Waals surface area contributed by atoms with Gasteiger partial charge in [0.05, 0.1) is 22.7 Å².